The van der Waals surface area contributed by atoms with E-state index >= 15 is 0 Å². The van der Waals surface area contributed by atoms with Crippen molar-refractivity contribution in [3.05, 3.63) is 0 Å². The van der Waals surface area contributed by atoms with Crippen LogP contribution in [0.2, 0.25) is 0 Å². The van der Waals surface area contributed by atoms with Gasteiger partial charge in [0.15, 0.2) is 6.04 Å². The average molecular weight is 267 g/mol. The third-order valence-corrected chi connectivity index (χ3v) is 3.01. The molecule has 0 saturated carbocycles. The number of hydrogen-bond acceptors (Lipinski definition) is 5. The van der Waals surface area contributed by atoms with Gasteiger partial charge in [-0.15, -0.1) is 0 Å². The van der Waals surface area contributed by atoms with E-state index < -0.39 is 33.9 Å². The Kier molecular flexibility index (Phi) is 6.11. The Hall–Kier alpha value is -1.15. The highest BCUT2D eigenvalue weighted by Gasteiger charge is 2.24. The quantitative estimate of drug-likeness (QED) is 0.530. The summed E-state index contributed by atoms with van der Waals surface area (Å²) >= 11 is 0. The Labute approximate surface area is 99.7 Å². The molecular weight excluding hydrogens is 250 g/mol. The van der Waals surface area contributed by atoms with E-state index in [1.807, 2.05) is 0 Å². The number of carbonyl (C=O) groups excluding carboxylic acids is 1. The van der Waals surface area contributed by atoms with Crippen molar-refractivity contribution in [2.45, 2.75) is 31.9 Å². The van der Waals surface area contributed by atoms with Crippen LogP contribution in [0.5, 0.6) is 0 Å². The zero-order valence-electron chi connectivity index (χ0n) is 9.71. The van der Waals surface area contributed by atoms with E-state index in [2.05, 4.69) is 5.32 Å². The van der Waals surface area contributed by atoms with Crippen molar-refractivity contribution in [1.29, 1.82) is 0 Å². The minimum Gasteiger partial charge on any atom is -0.480 e. The Morgan fingerprint density at radius 2 is 1.88 bits per heavy atom. The lowest BCUT2D eigenvalue weighted by atomic mass is 10.2. The van der Waals surface area contributed by atoms with Crippen LogP contribution in [-0.2, 0) is 19.4 Å². The molecule has 2 unspecified atom stereocenters. The van der Waals surface area contributed by atoms with Crippen LogP contribution >= 0.6 is 0 Å². The van der Waals surface area contributed by atoms with Crippen LogP contribution in [0.1, 0.15) is 19.8 Å². The van der Waals surface area contributed by atoms with Gasteiger partial charge in [0.25, 0.3) is 0 Å². The molecule has 0 aromatic rings. The predicted octanol–water partition coefficient (Wildman–Crippen LogP) is -1.24. The summed E-state index contributed by atoms with van der Waals surface area (Å²) in [6.07, 6.45) is -0.132. The highest BCUT2D eigenvalue weighted by atomic mass is 32.2. The van der Waals surface area contributed by atoms with Gasteiger partial charge in [0.05, 0.1) is 11.9 Å². The summed E-state index contributed by atoms with van der Waals surface area (Å²) < 4.78 is 21.6. The van der Waals surface area contributed by atoms with Crippen LogP contribution < -0.4 is 5.32 Å². The minimum atomic E-state index is -3.13. The molecule has 0 heterocycles. The van der Waals surface area contributed by atoms with Gasteiger partial charge in [-0.05, 0) is 13.3 Å². The van der Waals surface area contributed by atoms with Gasteiger partial charge in [-0.1, -0.05) is 0 Å². The molecule has 0 aromatic heterocycles. The van der Waals surface area contributed by atoms with Crippen LogP contribution in [0.15, 0.2) is 0 Å². The SMILES string of the molecule is CC(O)C(NC(=O)CCCS(C)(=O)=O)C(=O)O. The molecule has 0 aromatic carbocycles. The molecule has 17 heavy (non-hydrogen) atoms. The first kappa shape index (κ1) is 15.9. The van der Waals surface area contributed by atoms with Crippen molar-refractivity contribution in [2.24, 2.45) is 0 Å². The fraction of sp³-hybridized carbons (Fsp3) is 0.778. The van der Waals surface area contributed by atoms with Crippen LogP contribution in [0, 0.1) is 0 Å². The van der Waals surface area contributed by atoms with E-state index in [1.165, 1.54) is 6.92 Å². The third kappa shape index (κ3) is 7.70. The molecule has 3 N–H and O–H groups in total. The highest BCUT2D eigenvalue weighted by Crippen LogP contribution is 1.98. The first-order valence-electron chi connectivity index (χ1n) is 5.01. The smallest absolute Gasteiger partial charge is 0.328 e. The molecule has 0 spiro atoms. The number of hydrogen-bond donors (Lipinski definition) is 3. The highest BCUT2D eigenvalue weighted by molar-refractivity contribution is 7.90. The lowest BCUT2D eigenvalue weighted by Gasteiger charge is -2.16. The summed E-state index contributed by atoms with van der Waals surface area (Å²) in [5.41, 5.74) is 0. The predicted molar refractivity (Wildman–Crippen MR) is 60.2 cm³/mol. The van der Waals surface area contributed by atoms with Crippen molar-refractivity contribution in [3.63, 3.8) is 0 Å². The second kappa shape index (κ2) is 6.55. The number of carboxylic acids is 1. The van der Waals surface area contributed by atoms with Crippen LogP contribution in [0.25, 0.3) is 0 Å². The lowest BCUT2D eigenvalue weighted by molar-refractivity contribution is -0.144. The van der Waals surface area contributed by atoms with E-state index in [0.717, 1.165) is 6.26 Å². The number of aliphatic hydroxyl groups excluding tert-OH is 1. The maximum atomic E-state index is 11.3. The molecule has 7 nitrogen and oxygen atoms in total. The number of carbonyl (C=O) groups is 2. The van der Waals surface area contributed by atoms with Crippen molar-refractivity contribution < 1.29 is 28.2 Å². The van der Waals surface area contributed by atoms with E-state index in [1.54, 1.807) is 0 Å². The second-order valence-corrected chi connectivity index (χ2v) is 6.12. The number of aliphatic carboxylic acids is 1. The summed E-state index contributed by atoms with van der Waals surface area (Å²) in [6.45, 7) is 1.25. The first-order valence-corrected chi connectivity index (χ1v) is 7.07. The molecular formula is C9H17NO6S. The van der Waals surface area contributed by atoms with Gasteiger partial charge in [-0.2, -0.15) is 0 Å². The van der Waals surface area contributed by atoms with Crippen molar-refractivity contribution in [1.82, 2.24) is 5.32 Å². The van der Waals surface area contributed by atoms with Gasteiger partial charge < -0.3 is 15.5 Å². The Morgan fingerprint density at radius 3 is 2.24 bits per heavy atom. The summed E-state index contributed by atoms with van der Waals surface area (Å²) in [6, 6.07) is -1.37. The van der Waals surface area contributed by atoms with Crippen molar-refractivity contribution in [2.75, 3.05) is 12.0 Å². The maximum absolute atomic E-state index is 11.3. The molecule has 0 saturated heterocycles. The van der Waals surface area contributed by atoms with Crippen LogP contribution in [0.3, 0.4) is 0 Å². The van der Waals surface area contributed by atoms with Crippen molar-refractivity contribution >= 4 is 21.7 Å². The Morgan fingerprint density at radius 1 is 1.35 bits per heavy atom. The zero-order valence-corrected chi connectivity index (χ0v) is 10.5. The lowest BCUT2D eigenvalue weighted by Crippen LogP contribution is -2.47. The van der Waals surface area contributed by atoms with Gasteiger partial charge >= 0.3 is 5.97 Å². The Balaban J connectivity index is 4.13. The fourth-order valence-electron chi connectivity index (χ4n) is 1.13. The Bertz CT molecular complexity index is 375. The molecule has 0 fully saturated rings. The number of carboxylic acid groups (broad SMARTS) is 1. The number of rotatable bonds is 7. The van der Waals surface area contributed by atoms with Gasteiger partial charge in [-0.3, -0.25) is 4.79 Å². The number of sulfone groups is 1. The number of aliphatic hydroxyl groups is 1. The largest absolute Gasteiger partial charge is 0.480 e. The number of amides is 1. The molecule has 8 heteroatoms. The molecule has 0 aliphatic rings. The summed E-state index contributed by atoms with van der Waals surface area (Å²) in [4.78, 5) is 21.9. The van der Waals surface area contributed by atoms with E-state index in [0.29, 0.717) is 0 Å². The van der Waals surface area contributed by atoms with Gasteiger partial charge in [-0.25, -0.2) is 13.2 Å². The molecule has 0 radical (unpaired) electrons. The standard InChI is InChI=1S/C9H17NO6S/c1-6(11)8(9(13)14)10-7(12)4-3-5-17(2,15)16/h6,8,11H,3-5H2,1-2H3,(H,10,12)(H,13,14). The molecule has 100 valence electrons. The molecule has 0 bridgehead atoms. The van der Waals surface area contributed by atoms with E-state index in [-0.39, 0.29) is 18.6 Å². The minimum absolute atomic E-state index is 0.0937. The molecule has 0 aliphatic heterocycles. The van der Waals surface area contributed by atoms with Gasteiger partial charge in [0.1, 0.15) is 9.84 Å². The van der Waals surface area contributed by atoms with Gasteiger partial charge in [0, 0.05) is 12.7 Å². The third-order valence-electron chi connectivity index (χ3n) is 1.98. The van der Waals surface area contributed by atoms with Crippen molar-refractivity contribution in [3.8, 4) is 0 Å². The van der Waals surface area contributed by atoms with Crippen LogP contribution in [0.4, 0.5) is 0 Å². The maximum Gasteiger partial charge on any atom is 0.328 e. The van der Waals surface area contributed by atoms with Gasteiger partial charge in [0.2, 0.25) is 5.91 Å². The normalized spacial score (nSPS) is 15.0. The topological polar surface area (TPSA) is 121 Å². The molecule has 0 rings (SSSR count). The van der Waals surface area contributed by atoms with E-state index in [9.17, 15) is 18.0 Å². The van der Waals surface area contributed by atoms with E-state index in [4.69, 9.17) is 10.2 Å². The van der Waals surface area contributed by atoms with Crippen LogP contribution in [-0.4, -0.2) is 54.7 Å². The summed E-state index contributed by atoms with van der Waals surface area (Å²) in [5, 5.41) is 19.9. The molecule has 0 aliphatic carbocycles. The molecule has 1 amide bonds. The number of nitrogens with one attached hydrogen (secondary N) is 1. The first-order chi connectivity index (χ1) is 7.63. The monoisotopic (exact) mass is 267 g/mol. The average Bonchev–Trinajstić information content (AvgIpc) is 2.10. The second-order valence-electron chi connectivity index (χ2n) is 3.86. The summed E-state index contributed by atoms with van der Waals surface area (Å²) in [7, 11) is -3.13. The summed E-state index contributed by atoms with van der Waals surface area (Å²) in [5.74, 6) is -2.06. The zero-order chi connectivity index (χ0) is 13.6. The fourth-order valence-corrected chi connectivity index (χ4v) is 1.80. The molecule has 2 atom stereocenters.